The molecule has 148 valence electrons. The zero-order chi connectivity index (χ0) is 19.8. The number of likely N-dealkylation sites (tertiary alicyclic amines) is 1. The molecule has 1 fully saturated rings. The first-order valence-electron chi connectivity index (χ1n) is 10.00. The Balaban J connectivity index is 1.81. The van der Waals surface area contributed by atoms with E-state index in [9.17, 15) is 4.79 Å². The second-order valence-corrected chi connectivity index (χ2v) is 7.80. The SMILES string of the molecule is CCOc1cc2c(c(C)c1C(=O)Oc1ccccc1)N(C)CC1CCN(C)C21. The van der Waals surface area contributed by atoms with E-state index in [0.29, 0.717) is 35.6 Å². The maximum absolute atomic E-state index is 13.1. The summed E-state index contributed by atoms with van der Waals surface area (Å²) in [6.45, 7) is 6.56. The molecule has 1 saturated heterocycles. The molecule has 0 amide bonds. The van der Waals surface area contributed by atoms with Gasteiger partial charge in [-0.2, -0.15) is 0 Å². The number of hydrogen-bond donors (Lipinski definition) is 0. The van der Waals surface area contributed by atoms with Crippen molar-refractivity contribution in [1.82, 2.24) is 4.90 Å². The Morgan fingerprint density at radius 2 is 1.96 bits per heavy atom. The molecule has 28 heavy (non-hydrogen) atoms. The smallest absolute Gasteiger partial charge is 0.347 e. The molecule has 4 rings (SSSR count). The Bertz CT molecular complexity index is 881. The number of benzene rings is 2. The maximum atomic E-state index is 13.1. The van der Waals surface area contributed by atoms with Gasteiger partial charge in [-0.15, -0.1) is 0 Å². The van der Waals surface area contributed by atoms with Crippen LogP contribution in [0, 0.1) is 12.8 Å². The number of hydrogen-bond acceptors (Lipinski definition) is 5. The van der Waals surface area contributed by atoms with E-state index in [1.807, 2.05) is 32.0 Å². The molecule has 5 nitrogen and oxygen atoms in total. The van der Waals surface area contributed by atoms with Crippen molar-refractivity contribution >= 4 is 11.7 Å². The molecular formula is C23H28N2O3. The van der Waals surface area contributed by atoms with Gasteiger partial charge in [0.05, 0.1) is 6.61 Å². The molecule has 2 aliphatic rings. The van der Waals surface area contributed by atoms with E-state index in [2.05, 4.69) is 30.0 Å². The maximum Gasteiger partial charge on any atom is 0.347 e. The van der Waals surface area contributed by atoms with Crippen molar-refractivity contribution in [3.63, 3.8) is 0 Å². The third-order valence-corrected chi connectivity index (χ3v) is 5.98. The lowest BCUT2D eigenvalue weighted by Gasteiger charge is -2.40. The molecule has 0 aromatic heterocycles. The number of para-hydroxylation sites is 1. The van der Waals surface area contributed by atoms with Gasteiger partial charge in [0.2, 0.25) is 0 Å². The normalized spacial score (nSPS) is 21.2. The molecule has 0 saturated carbocycles. The lowest BCUT2D eigenvalue weighted by atomic mass is 9.85. The summed E-state index contributed by atoms with van der Waals surface area (Å²) in [4.78, 5) is 17.8. The summed E-state index contributed by atoms with van der Waals surface area (Å²) < 4.78 is 11.6. The highest BCUT2D eigenvalue weighted by Gasteiger charge is 2.41. The highest BCUT2D eigenvalue weighted by Crippen LogP contribution is 2.48. The first kappa shape index (κ1) is 18.8. The molecular weight excluding hydrogens is 352 g/mol. The molecule has 2 aromatic carbocycles. The average Bonchev–Trinajstić information content (AvgIpc) is 3.03. The zero-order valence-electron chi connectivity index (χ0n) is 17.1. The number of anilines is 1. The molecule has 2 aliphatic heterocycles. The zero-order valence-corrected chi connectivity index (χ0v) is 17.1. The van der Waals surface area contributed by atoms with E-state index in [-0.39, 0.29) is 5.97 Å². The van der Waals surface area contributed by atoms with Crippen molar-refractivity contribution in [3.05, 3.63) is 53.1 Å². The van der Waals surface area contributed by atoms with E-state index in [1.54, 1.807) is 12.1 Å². The van der Waals surface area contributed by atoms with Gasteiger partial charge in [0.25, 0.3) is 0 Å². The molecule has 2 aromatic rings. The molecule has 0 bridgehead atoms. The molecule has 2 unspecified atom stereocenters. The molecule has 0 radical (unpaired) electrons. The van der Waals surface area contributed by atoms with Gasteiger partial charge >= 0.3 is 5.97 Å². The van der Waals surface area contributed by atoms with Crippen molar-refractivity contribution in [2.24, 2.45) is 5.92 Å². The Kier molecular flexibility index (Phi) is 5.02. The summed E-state index contributed by atoms with van der Waals surface area (Å²) in [6, 6.07) is 11.6. The summed E-state index contributed by atoms with van der Waals surface area (Å²) in [5.41, 5.74) is 3.85. The Labute approximate surface area is 166 Å². The summed E-state index contributed by atoms with van der Waals surface area (Å²) in [5.74, 6) is 1.40. The summed E-state index contributed by atoms with van der Waals surface area (Å²) in [5, 5.41) is 0. The fourth-order valence-electron chi connectivity index (χ4n) is 4.86. The minimum atomic E-state index is -0.370. The molecule has 0 N–H and O–H groups in total. The second-order valence-electron chi connectivity index (χ2n) is 7.80. The van der Waals surface area contributed by atoms with Crippen molar-refractivity contribution in [2.75, 3.05) is 38.7 Å². The summed E-state index contributed by atoms with van der Waals surface area (Å²) in [7, 11) is 4.31. The van der Waals surface area contributed by atoms with Gasteiger partial charge in [-0.3, -0.25) is 4.90 Å². The topological polar surface area (TPSA) is 42.0 Å². The molecule has 2 atom stereocenters. The largest absolute Gasteiger partial charge is 0.493 e. The van der Waals surface area contributed by atoms with E-state index in [1.165, 1.54) is 12.0 Å². The lowest BCUT2D eigenvalue weighted by molar-refractivity contribution is 0.0729. The Morgan fingerprint density at radius 3 is 2.68 bits per heavy atom. The fourth-order valence-corrected chi connectivity index (χ4v) is 4.86. The van der Waals surface area contributed by atoms with Crippen molar-refractivity contribution < 1.29 is 14.3 Å². The van der Waals surface area contributed by atoms with Crippen molar-refractivity contribution in [3.8, 4) is 11.5 Å². The molecule has 2 heterocycles. The number of esters is 1. The number of rotatable bonds is 4. The first-order chi connectivity index (χ1) is 13.5. The number of nitrogens with zero attached hydrogens (tertiary/aromatic N) is 2. The van der Waals surface area contributed by atoms with Crippen molar-refractivity contribution in [1.29, 1.82) is 0 Å². The van der Waals surface area contributed by atoms with Gasteiger partial charge in [-0.1, -0.05) is 18.2 Å². The predicted molar refractivity (Wildman–Crippen MR) is 110 cm³/mol. The van der Waals surface area contributed by atoms with Crippen LogP contribution in [0.15, 0.2) is 36.4 Å². The van der Waals surface area contributed by atoms with Gasteiger partial charge in [0.1, 0.15) is 17.1 Å². The summed E-state index contributed by atoms with van der Waals surface area (Å²) >= 11 is 0. The third kappa shape index (κ3) is 3.14. The first-order valence-corrected chi connectivity index (χ1v) is 10.00. The standard InChI is InChI=1S/C23H28N2O3/c1-5-27-19-13-18-21(25(4)14-16-11-12-24(3)22(16)18)15(2)20(19)23(26)28-17-9-7-6-8-10-17/h6-10,13,16,22H,5,11-12,14H2,1-4H3. The highest BCUT2D eigenvalue weighted by molar-refractivity contribution is 5.98. The second kappa shape index (κ2) is 7.47. The van der Waals surface area contributed by atoms with Crippen LogP contribution in [0.25, 0.3) is 0 Å². The third-order valence-electron chi connectivity index (χ3n) is 5.98. The molecule has 5 heteroatoms. The van der Waals surface area contributed by atoms with Gasteiger partial charge in [-0.05, 0) is 69.1 Å². The van der Waals surface area contributed by atoms with Gasteiger partial charge < -0.3 is 14.4 Å². The minimum Gasteiger partial charge on any atom is -0.493 e. The molecule has 0 aliphatic carbocycles. The highest BCUT2D eigenvalue weighted by atomic mass is 16.5. The van der Waals surface area contributed by atoms with Gasteiger partial charge in [0.15, 0.2) is 0 Å². The fraction of sp³-hybridized carbons (Fsp3) is 0.435. The van der Waals surface area contributed by atoms with Crippen LogP contribution in [0.2, 0.25) is 0 Å². The number of fused-ring (bicyclic) bond motifs is 3. The van der Waals surface area contributed by atoms with Crippen LogP contribution in [0.4, 0.5) is 5.69 Å². The van der Waals surface area contributed by atoms with Crippen molar-refractivity contribution in [2.45, 2.75) is 26.3 Å². The van der Waals surface area contributed by atoms with Crippen LogP contribution in [0.1, 0.15) is 40.9 Å². The van der Waals surface area contributed by atoms with Crippen LogP contribution >= 0.6 is 0 Å². The minimum absolute atomic E-state index is 0.370. The van der Waals surface area contributed by atoms with Crippen LogP contribution in [-0.4, -0.2) is 44.7 Å². The summed E-state index contributed by atoms with van der Waals surface area (Å²) in [6.07, 6.45) is 1.20. The lowest BCUT2D eigenvalue weighted by Crippen LogP contribution is -2.37. The number of carbonyl (C=O) groups excluding carboxylic acids is 1. The quantitative estimate of drug-likeness (QED) is 0.591. The molecule has 0 spiro atoms. The average molecular weight is 380 g/mol. The predicted octanol–water partition coefficient (Wildman–Crippen LogP) is 4.06. The van der Waals surface area contributed by atoms with Crippen LogP contribution in [-0.2, 0) is 0 Å². The van der Waals surface area contributed by atoms with Gasteiger partial charge in [-0.25, -0.2) is 4.79 Å². The monoisotopic (exact) mass is 380 g/mol. The van der Waals surface area contributed by atoms with Gasteiger partial charge in [0, 0.05) is 25.3 Å². The van der Waals surface area contributed by atoms with E-state index >= 15 is 0 Å². The van der Waals surface area contributed by atoms with E-state index in [0.717, 1.165) is 24.3 Å². The van der Waals surface area contributed by atoms with Crippen LogP contribution < -0.4 is 14.4 Å². The van der Waals surface area contributed by atoms with Crippen LogP contribution in [0.3, 0.4) is 0 Å². The van der Waals surface area contributed by atoms with E-state index in [4.69, 9.17) is 9.47 Å². The van der Waals surface area contributed by atoms with Crippen LogP contribution in [0.5, 0.6) is 11.5 Å². The van der Waals surface area contributed by atoms with E-state index < -0.39 is 0 Å². The number of ether oxygens (including phenoxy) is 2. The number of carbonyl (C=O) groups is 1. The Hall–Kier alpha value is -2.53. The Morgan fingerprint density at radius 1 is 1.21 bits per heavy atom.